The zero-order chi connectivity index (χ0) is 13.7. The van der Waals surface area contributed by atoms with Crippen LogP contribution in [0.5, 0.6) is 0 Å². The lowest BCUT2D eigenvalue weighted by molar-refractivity contribution is 0.311. The molecule has 112 valence electrons. The van der Waals surface area contributed by atoms with Crippen LogP contribution in [0.2, 0.25) is 0 Å². The van der Waals surface area contributed by atoms with Gasteiger partial charge >= 0.3 is 0 Å². The molecule has 2 N–H and O–H groups in total. The lowest BCUT2D eigenvalue weighted by atomic mass is 10.2. The molecule has 2 rings (SSSR count). The van der Waals surface area contributed by atoms with Crippen molar-refractivity contribution < 1.29 is 8.42 Å². The third-order valence-corrected chi connectivity index (χ3v) is 5.49. The van der Waals surface area contributed by atoms with E-state index in [1.807, 2.05) is 0 Å². The van der Waals surface area contributed by atoms with Gasteiger partial charge in [-0.15, -0.1) is 0 Å². The summed E-state index contributed by atoms with van der Waals surface area (Å²) in [5.74, 6) is 0.260. The molecule has 0 bridgehead atoms. The Morgan fingerprint density at radius 2 is 2.00 bits per heavy atom. The van der Waals surface area contributed by atoms with Gasteiger partial charge in [0.2, 0.25) is 10.0 Å². The largest absolute Gasteiger partial charge is 0.314 e. The van der Waals surface area contributed by atoms with Crippen molar-refractivity contribution in [2.45, 2.75) is 50.6 Å². The van der Waals surface area contributed by atoms with E-state index in [2.05, 4.69) is 22.0 Å². The average molecular weight is 289 g/mol. The van der Waals surface area contributed by atoms with E-state index in [9.17, 15) is 8.42 Å². The minimum Gasteiger partial charge on any atom is -0.314 e. The van der Waals surface area contributed by atoms with Crippen LogP contribution in [0, 0.1) is 0 Å². The Morgan fingerprint density at radius 1 is 1.21 bits per heavy atom. The van der Waals surface area contributed by atoms with E-state index in [0.717, 1.165) is 32.4 Å². The van der Waals surface area contributed by atoms with Crippen LogP contribution in [0.4, 0.5) is 0 Å². The van der Waals surface area contributed by atoms with Gasteiger partial charge in [-0.2, -0.15) is 0 Å². The molecule has 0 aromatic carbocycles. The van der Waals surface area contributed by atoms with Crippen LogP contribution in [0.3, 0.4) is 0 Å². The highest BCUT2D eigenvalue weighted by atomic mass is 32.2. The Balaban J connectivity index is 1.55. The summed E-state index contributed by atoms with van der Waals surface area (Å²) in [6.45, 7) is 2.60. The molecule has 2 fully saturated rings. The highest BCUT2D eigenvalue weighted by Gasteiger charge is 2.22. The molecular weight excluding hydrogens is 262 g/mol. The molecule has 5 nitrogen and oxygen atoms in total. The topological polar surface area (TPSA) is 61.4 Å². The molecule has 1 saturated carbocycles. The van der Waals surface area contributed by atoms with Crippen molar-refractivity contribution in [1.29, 1.82) is 0 Å². The first-order valence-corrected chi connectivity index (χ1v) is 9.13. The fourth-order valence-corrected chi connectivity index (χ4v) is 3.72. The van der Waals surface area contributed by atoms with Crippen molar-refractivity contribution in [2.24, 2.45) is 0 Å². The van der Waals surface area contributed by atoms with Gasteiger partial charge in [0.15, 0.2) is 0 Å². The smallest absolute Gasteiger partial charge is 0.211 e. The summed E-state index contributed by atoms with van der Waals surface area (Å²) in [7, 11) is -1.02. The predicted octanol–water partition coefficient (Wildman–Crippen LogP) is 0.532. The second-order valence-corrected chi connectivity index (χ2v) is 7.81. The molecule has 1 unspecified atom stereocenters. The second-order valence-electron chi connectivity index (χ2n) is 5.88. The summed E-state index contributed by atoms with van der Waals surface area (Å²) >= 11 is 0. The summed E-state index contributed by atoms with van der Waals surface area (Å²) < 4.78 is 26.5. The Hall–Kier alpha value is -0.170. The van der Waals surface area contributed by atoms with Crippen LogP contribution >= 0.6 is 0 Å². The SMILES string of the molecule is CN1CCCC1CNS(=O)(=O)CCCCNC1CC1. The first-order chi connectivity index (χ1) is 9.07. The molecule has 6 heteroatoms. The molecule has 0 radical (unpaired) electrons. The zero-order valence-electron chi connectivity index (χ0n) is 11.9. The van der Waals surface area contributed by atoms with E-state index in [4.69, 9.17) is 0 Å². The van der Waals surface area contributed by atoms with E-state index in [0.29, 0.717) is 18.6 Å². The minimum absolute atomic E-state index is 0.260. The summed E-state index contributed by atoms with van der Waals surface area (Å²) in [5, 5.41) is 3.40. The number of hydrogen-bond donors (Lipinski definition) is 2. The Kier molecular flexibility index (Phi) is 5.62. The molecule has 1 heterocycles. The Morgan fingerprint density at radius 3 is 2.63 bits per heavy atom. The monoisotopic (exact) mass is 289 g/mol. The van der Waals surface area contributed by atoms with Gasteiger partial charge in [-0.1, -0.05) is 0 Å². The van der Waals surface area contributed by atoms with Crippen LogP contribution in [-0.2, 0) is 10.0 Å². The Labute approximate surface area is 117 Å². The second kappa shape index (κ2) is 7.02. The first kappa shape index (κ1) is 15.2. The highest BCUT2D eigenvalue weighted by Crippen LogP contribution is 2.18. The van der Waals surface area contributed by atoms with Gasteiger partial charge in [-0.3, -0.25) is 0 Å². The van der Waals surface area contributed by atoms with Crippen LogP contribution in [0.25, 0.3) is 0 Å². The number of hydrogen-bond acceptors (Lipinski definition) is 4. The standard InChI is InChI=1S/C13H27N3O2S/c1-16-9-4-5-13(16)11-15-19(17,18)10-3-2-8-14-12-6-7-12/h12-15H,2-11H2,1H3. The Bertz CT molecular complexity index is 368. The molecule has 0 aromatic heterocycles. The number of likely N-dealkylation sites (tertiary alicyclic amines) is 1. The number of unbranched alkanes of at least 4 members (excludes halogenated alkanes) is 1. The quantitative estimate of drug-likeness (QED) is 0.608. The highest BCUT2D eigenvalue weighted by molar-refractivity contribution is 7.89. The van der Waals surface area contributed by atoms with Crippen LogP contribution in [0.1, 0.15) is 38.5 Å². The summed E-state index contributed by atoms with van der Waals surface area (Å²) in [6.07, 6.45) is 6.54. The average Bonchev–Trinajstić information content (AvgIpc) is 3.08. The molecule has 1 aliphatic carbocycles. The maximum atomic E-state index is 11.9. The maximum Gasteiger partial charge on any atom is 0.211 e. The summed E-state index contributed by atoms with van der Waals surface area (Å²) in [6, 6.07) is 1.10. The van der Waals surface area contributed by atoms with Crippen molar-refractivity contribution in [3.63, 3.8) is 0 Å². The van der Waals surface area contributed by atoms with Crippen LogP contribution in [0.15, 0.2) is 0 Å². The third kappa shape index (κ3) is 5.77. The van der Waals surface area contributed by atoms with Crippen molar-refractivity contribution in [1.82, 2.24) is 14.9 Å². The zero-order valence-corrected chi connectivity index (χ0v) is 12.7. The third-order valence-electron chi connectivity index (χ3n) is 4.06. The van der Waals surface area contributed by atoms with Gasteiger partial charge in [-0.05, 0) is 58.7 Å². The fraction of sp³-hybridized carbons (Fsp3) is 1.00. The van der Waals surface area contributed by atoms with Crippen LogP contribution in [-0.4, -0.2) is 57.8 Å². The van der Waals surface area contributed by atoms with E-state index in [-0.39, 0.29) is 5.75 Å². The van der Waals surface area contributed by atoms with Crippen molar-refractivity contribution in [3.8, 4) is 0 Å². The normalized spacial score (nSPS) is 25.0. The van der Waals surface area contributed by atoms with Gasteiger partial charge in [0.25, 0.3) is 0 Å². The molecule has 1 atom stereocenters. The van der Waals surface area contributed by atoms with E-state index >= 15 is 0 Å². The first-order valence-electron chi connectivity index (χ1n) is 7.48. The fourth-order valence-electron chi connectivity index (χ4n) is 2.54. The number of rotatable bonds is 9. The van der Waals surface area contributed by atoms with Gasteiger partial charge in [0.05, 0.1) is 5.75 Å². The molecule has 2 aliphatic rings. The molecular formula is C13H27N3O2S. The van der Waals surface area contributed by atoms with Crippen molar-refractivity contribution >= 4 is 10.0 Å². The lowest BCUT2D eigenvalue weighted by Gasteiger charge is -2.19. The van der Waals surface area contributed by atoms with Crippen LogP contribution < -0.4 is 10.0 Å². The maximum absolute atomic E-state index is 11.9. The molecule has 1 aliphatic heterocycles. The van der Waals surface area contributed by atoms with Crippen molar-refractivity contribution in [2.75, 3.05) is 32.4 Å². The van der Waals surface area contributed by atoms with E-state index in [1.54, 1.807) is 0 Å². The van der Waals surface area contributed by atoms with Gasteiger partial charge in [0, 0.05) is 18.6 Å². The van der Waals surface area contributed by atoms with Gasteiger partial charge in [0.1, 0.15) is 0 Å². The number of sulfonamides is 1. The summed E-state index contributed by atoms with van der Waals surface area (Å²) in [5.41, 5.74) is 0. The number of likely N-dealkylation sites (N-methyl/N-ethyl adjacent to an activating group) is 1. The van der Waals surface area contributed by atoms with E-state index in [1.165, 1.54) is 19.3 Å². The summed E-state index contributed by atoms with van der Waals surface area (Å²) in [4.78, 5) is 2.24. The molecule has 19 heavy (non-hydrogen) atoms. The van der Waals surface area contributed by atoms with Crippen molar-refractivity contribution in [3.05, 3.63) is 0 Å². The lowest BCUT2D eigenvalue weighted by Crippen LogP contribution is -2.39. The minimum atomic E-state index is -3.08. The molecule has 0 amide bonds. The number of nitrogens with zero attached hydrogens (tertiary/aromatic N) is 1. The van der Waals surface area contributed by atoms with Gasteiger partial charge < -0.3 is 10.2 Å². The molecule has 1 saturated heterocycles. The van der Waals surface area contributed by atoms with E-state index < -0.39 is 10.0 Å². The number of nitrogens with one attached hydrogen (secondary N) is 2. The molecule has 0 spiro atoms. The predicted molar refractivity (Wildman–Crippen MR) is 77.7 cm³/mol. The van der Waals surface area contributed by atoms with Gasteiger partial charge in [-0.25, -0.2) is 13.1 Å². The molecule has 0 aromatic rings.